The van der Waals surface area contributed by atoms with Crippen LogP contribution in [0.1, 0.15) is 25.8 Å². The molecule has 1 amide bonds. The molecular formula is C14H17Cl2NO2. The molecule has 1 atom stereocenters. The lowest BCUT2D eigenvalue weighted by atomic mass is 10.0. The number of aliphatic hydroxyl groups is 1. The SMILES string of the molecule is CCC(C)(O)CNC(=O)C=Cc1ccc(Cl)c(Cl)c1. The summed E-state index contributed by atoms with van der Waals surface area (Å²) in [6, 6.07) is 5.11. The first-order chi connectivity index (χ1) is 8.84. The molecule has 0 saturated carbocycles. The minimum atomic E-state index is -0.882. The average Bonchev–Trinajstić information content (AvgIpc) is 2.38. The molecule has 0 aliphatic heterocycles. The molecule has 0 saturated heterocycles. The van der Waals surface area contributed by atoms with Crippen molar-refractivity contribution in [2.75, 3.05) is 6.54 Å². The Morgan fingerprint density at radius 2 is 2.11 bits per heavy atom. The molecule has 1 rings (SSSR count). The molecule has 1 aromatic rings. The Hall–Kier alpha value is -1.03. The van der Waals surface area contributed by atoms with Gasteiger partial charge in [-0.25, -0.2) is 0 Å². The van der Waals surface area contributed by atoms with Gasteiger partial charge in [0, 0.05) is 12.6 Å². The van der Waals surface area contributed by atoms with E-state index in [9.17, 15) is 9.90 Å². The Kier molecular flexibility index (Phi) is 5.85. The summed E-state index contributed by atoms with van der Waals surface area (Å²) >= 11 is 11.7. The Balaban J connectivity index is 2.56. The number of benzene rings is 1. The molecule has 0 aliphatic rings. The van der Waals surface area contributed by atoms with Gasteiger partial charge < -0.3 is 10.4 Å². The Labute approximate surface area is 123 Å². The second-order valence-corrected chi connectivity index (χ2v) is 5.39. The smallest absolute Gasteiger partial charge is 0.244 e. The lowest BCUT2D eigenvalue weighted by Crippen LogP contribution is -2.39. The molecule has 0 fully saturated rings. The van der Waals surface area contributed by atoms with Crippen LogP contribution in [0.5, 0.6) is 0 Å². The molecule has 0 bridgehead atoms. The van der Waals surface area contributed by atoms with Gasteiger partial charge in [-0.3, -0.25) is 4.79 Å². The second-order valence-electron chi connectivity index (χ2n) is 4.58. The molecule has 0 heterocycles. The number of hydrogen-bond acceptors (Lipinski definition) is 2. The standard InChI is InChI=1S/C14H17Cl2NO2/c1-3-14(2,19)9-17-13(18)7-5-10-4-6-11(15)12(16)8-10/h4-8,19H,3,9H2,1-2H3,(H,17,18). The quantitative estimate of drug-likeness (QED) is 0.820. The highest BCUT2D eigenvalue weighted by molar-refractivity contribution is 6.42. The fourth-order valence-electron chi connectivity index (χ4n) is 1.25. The van der Waals surface area contributed by atoms with E-state index in [0.717, 1.165) is 5.56 Å². The third-order valence-electron chi connectivity index (χ3n) is 2.78. The minimum absolute atomic E-state index is 0.216. The number of rotatable bonds is 5. The predicted molar refractivity (Wildman–Crippen MR) is 79.4 cm³/mol. The zero-order valence-corrected chi connectivity index (χ0v) is 12.4. The molecule has 19 heavy (non-hydrogen) atoms. The zero-order valence-electron chi connectivity index (χ0n) is 10.9. The summed E-state index contributed by atoms with van der Waals surface area (Å²) in [5, 5.41) is 13.3. The topological polar surface area (TPSA) is 49.3 Å². The summed E-state index contributed by atoms with van der Waals surface area (Å²) in [5.74, 6) is -0.264. The fraction of sp³-hybridized carbons (Fsp3) is 0.357. The van der Waals surface area contributed by atoms with Crippen molar-refractivity contribution in [1.82, 2.24) is 5.32 Å². The van der Waals surface area contributed by atoms with Crippen LogP contribution in [-0.4, -0.2) is 23.2 Å². The lowest BCUT2D eigenvalue weighted by Gasteiger charge is -2.20. The first kappa shape index (κ1) is 16.0. The van der Waals surface area contributed by atoms with Crippen LogP contribution < -0.4 is 5.32 Å². The fourth-order valence-corrected chi connectivity index (χ4v) is 1.56. The van der Waals surface area contributed by atoms with Crippen molar-refractivity contribution in [3.8, 4) is 0 Å². The van der Waals surface area contributed by atoms with E-state index in [1.54, 1.807) is 31.2 Å². The Morgan fingerprint density at radius 1 is 1.42 bits per heavy atom. The van der Waals surface area contributed by atoms with Crippen molar-refractivity contribution >= 4 is 35.2 Å². The molecule has 0 aliphatic carbocycles. The van der Waals surface area contributed by atoms with E-state index in [4.69, 9.17) is 23.2 Å². The van der Waals surface area contributed by atoms with Gasteiger partial charge in [0.1, 0.15) is 0 Å². The van der Waals surface area contributed by atoms with E-state index in [1.165, 1.54) is 6.08 Å². The van der Waals surface area contributed by atoms with Crippen LogP contribution in [-0.2, 0) is 4.79 Å². The van der Waals surface area contributed by atoms with Gasteiger partial charge in [0.05, 0.1) is 15.6 Å². The van der Waals surface area contributed by atoms with E-state index in [-0.39, 0.29) is 12.5 Å². The Morgan fingerprint density at radius 3 is 2.68 bits per heavy atom. The molecule has 0 spiro atoms. The maximum absolute atomic E-state index is 11.6. The van der Waals surface area contributed by atoms with Crippen molar-refractivity contribution in [1.29, 1.82) is 0 Å². The highest BCUT2D eigenvalue weighted by Crippen LogP contribution is 2.23. The van der Waals surface area contributed by atoms with Gasteiger partial charge in [0.2, 0.25) is 5.91 Å². The number of amides is 1. The van der Waals surface area contributed by atoms with Crippen LogP contribution in [0.3, 0.4) is 0 Å². The first-order valence-electron chi connectivity index (χ1n) is 5.97. The van der Waals surface area contributed by atoms with Crippen LogP contribution in [0.15, 0.2) is 24.3 Å². The lowest BCUT2D eigenvalue weighted by molar-refractivity contribution is -0.117. The molecule has 2 N–H and O–H groups in total. The van der Waals surface area contributed by atoms with Gasteiger partial charge in [-0.2, -0.15) is 0 Å². The molecule has 5 heteroatoms. The van der Waals surface area contributed by atoms with Gasteiger partial charge in [-0.05, 0) is 37.1 Å². The Bertz CT molecular complexity index is 484. The van der Waals surface area contributed by atoms with E-state index < -0.39 is 5.60 Å². The van der Waals surface area contributed by atoms with E-state index in [2.05, 4.69) is 5.32 Å². The molecule has 3 nitrogen and oxygen atoms in total. The van der Waals surface area contributed by atoms with E-state index in [1.807, 2.05) is 6.92 Å². The van der Waals surface area contributed by atoms with Crippen molar-refractivity contribution in [3.05, 3.63) is 39.9 Å². The first-order valence-corrected chi connectivity index (χ1v) is 6.73. The van der Waals surface area contributed by atoms with Crippen LogP contribution in [0, 0.1) is 0 Å². The van der Waals surface area contributed by atoms with Gasteiger partial charge in [0.15, 0.2) is 0 Å². The largest absolute Gasteiger partial charge is 0.388 e. The normalized spacial score (nSPS) is 14.4. The third kappa shape index (κ3) is 5.64. The molecule has 104 valence electrons. The zero-order chi connectivity index (χ0) is 14.5. The highest BCUT2D eigenvalue weighted by Gasteiger charge is 2.17. The summed E-state index contributed by atoms with van der Waals surface area (Å²) < 4.78 is 0. The monoisotopic (exact) mass is 301 g/mol. The molecule has 1 aromatic carbocycles. The highest BCUT2D eigenvalue weighted by atomic mass is 35.5. The van der Waals surface area contributed by atoms with Crippen molar-refractivity contribution < 1.29 is 9.90 Å². The predicted octanol–water partition coefficient (Wildman–Crippen LogP) is 3.28. The summed E-state index contributed by atoms with van der Waals surface area (Å²) in [5.41, 5.74) is -0.0978. The summed E-state index contributed by atoms with van der Waals surface area (Å²) in [4.78, 5) is 11.6. The van der Waals surface area contributed by atoms with Crippen molar-refractivity contribution in [3.63, 3.8) is 0 Å². The number of carbonyl (C=O) groups excluding carboxylic acids is 1. The van der Waals surface area contributed by atoms with Crippen LogP contribution in [0.4, 0.5) is 0 Å². The molecule has 0 radical (unpaired) electrons. The second kappa shape index (κ2) is 6.94. The minimum Gasteiger partial charge on any atom is -0.388 e. The van der Waals surface area contributed by atoms with Gasteiger partial charge in [-0.15, -0.1) is 0 Å². The third-order valence-corrected chi connectivity index (χ3v) is 3.51. The summed E-state index contributed by atoms with van der Waals surface area (Å²) in [6.45, 7) is 3.75. The maximum Gasteiger partial charge on any atom is 0.244 e. The average molecular weight is 302 g/mol. The number of halogens is 2. The van der Waals surface area contributed by atoms with Gasteiger partial charge in [-0.1, -0.05) is 36.2 Å². The van der Waals surface area contributed by atoms with Gasteiger partial charge in [0.25, 0.3) is 0 Å². The summed E-state index contributed by atoms with van der Waals surface area (Å²) in [7, 11) is 0. The van der Waals surface area contributed by atoms with E-state index in [0.29, 0.717) is 16.5 Å². The van der Waals surface area contributed by atoms with Crippen molar-refractivity contribution in [2.24, 2.45) is 0 Å². The van der Waals surface area contributed by atoms with Gasteiger partial charge >= 0.3 is 0 Å². The number of carbonyl (C=O) groups is 1. The number of nitrogens with one attached hydrogen (secondary N) is 1. The molecule has 0 aromatic heterocycles. The molecule has 1 unspecified atom stereocenters. The van der Waals surface area contributed by atoms with E-state index >= 15 is 0 Å². The summed E-state index contributed by atoms with van der Waals surface area (Å²) in [6.07, 6.45) is 3.60. The number of hydrogen-bond donors (Lipinski definition) is 2. The molecular weight excluding hydrogens is 285 g/mol. The van der Waals surface area contributed by atoms with Crippen LogP contribution in [0.2, 0.25) is 10.0 Å². The maximum atomic E-state index is 11.6. The van der Waals surface area contributed by atoms with Crippen LogP contribution in [0.25, 0.3) is 6.08 Å². The van der Waals surface area contributed by atoms with Crippen LogP contribution >= 0.6 is 23.2 Å². The van der Waals surface area contributed by atoms with Crippen molar-refractivity contribution in [2.45, 2.75) is 25.9 Å².